The second-order valence-electron chi connectivity index (χ2n) is 3.84. The standard InChI is InChI=1S/C12H12BrFN2O/c1-3-10(13)12-16-15-11(17-12)8-4-7(2)5-9(14)6-8/h4-6,10H,3H2,1-2H3. The van der Waals surface area contributed by atoms with Crippen LogP contribution in [-0.2, 0) is 0 Å². The van der Waals surface area contributed by atoms with E-state index in [0.717, 1.165) is 12.0 Å². The molecular weight excluding hydrogens is 287 g/mol. The quantitative estimate of drug-likeness (QED) is 0.803. The van der Waals surface area contributed by atoms with E-state index in [1.54, 1.807) is 0 Å². The normalized spacial score (nSPS) is 12.7. The molecule has 1 atom stereocenters. The fourth-order valence-electron chi connectivity index (χ4n) is 1.51. The van der Waals surface area contributed by atoms with E-state index in [2.05, 4.69) is 26.1 Å². The Kier molecular flexibility index (Phi) is 3.57. The van der Waals surface area contributed by atoms with Gasteiger partial charge in [0.1, 0.15) is 5.82 Å². The molecule has 90 valence electrons. The van der Waals surface area contributed by atoms with Crippen molar-refractivity contribution in [2.24, 2.45) is 0 Å². The lowest BCUT2D eigenvalue weighted by Gasteiger charge is -1.99. The number of aromatic nitrogens is 2. The maximum Gasteiger partial charge on any atom is 0.247 e. The summed E-state index contributed by atoms with van der Waals surface area (Å²) >= 11 is 3.43. The first-order valence-electron chi connectivity index (χ1n) is 5.35. The Morgan fingerprint density at radius 1 is 1.35 bits per heavy atom. The molecule has 0 fully saturated rings. The minimum atomic E-state index is -0.300. The van der Waals surface area contributed by atoms with Crippen molar-refractivity contribution in [1.82, 2.24) is 10.2 Å². The smallest absolute Gasteiger partial charge is 0.247 e. The van der Waals surface area contributed by atoms with Crippen molar-refractivity contribution in [1.29, 1.82) is 0 Å². The zero-order valence-corrected chi connectivity index (χ0v) is 11.2. The largest absolute Gasteiger partial charge is 0.419 e. The molecule has 0 aliphatic heterocycles. The molecule has 0 radical (unpaired) electrons. The topological polar surface area (TPSA) is 38.9 Å². The third kappa shape index (κ3) is 2.72. The van der Waals surface area contributed by atoms with Crippen LogP contribution in [0.15, 0.2) is 22.6 Å². The van der Waals surface area contributed by atoms with Gasteiger partial charge in [-0.15, -0.1) is 10.2 Å². The average Bonchev–Trinajstić information content (AvgIpc) is 2.76. The van der Waals surface area contributed by atoms with Crippen LogP contribution in [0, 0.1) is 12.7 Å². The van der Waals surface area contributed by atoms with Gasteiger partial charge in [0.15, 0.2) is 0 Å². The summed E-state index contributed by atoms with van der Waals surface area (Å²) in [5.41, 5.74) is 1.43. The van der Waals surface area contributed by atoms with Crippen LogP contribution in [0.1, 0.15) is 29.6 Å². The molecule has 1 heterocycles. The lowest BCUT2D eigenvalue weighted by Crippen LogP contribution is -1.86. The summed E-state index contributed by atoms with van der Waals surface area (Å²) < 4.78 is 18.7. The van der Waals surface area contributed by atoms with E-state index < -0.39 is 0 Å². The molecule has 17 heavy (non-hydrogen) atoms. The Balaban J connectivity index is 2.36. The predicted molar refractivity (Wildman–Crippen MR) is 66.4 cm³/mol. The van der Waals surface area contributed by atoms with Gasteiger partial charge in [-0.2, -0.15) is 0 Å². The molecule has 0 N–H and O–H groups in total. The van der Waals surface area contributed by atoms with Gasteiger partial charge < -0.3 is 4.42 Å². The highest BCUT2D eigenvalue weighted by molar-refractivity contribution is 9.09. The van der Waals surface area contributed by atoms with Gasteiger partial charge in [-0.05, 0) is 37.1 Å². The van der Waals surface area contributed by atoms with Gasteiger partial charge in [-0.25, -0.2) is 4.39 Å². The second kappa shape index (κ2) is 4.96. The molecule has 1 aromatic heterocycles. The van der Waals surface area contributed by atoms with Crippen LogP contribution in [0.5, 0.6) is 0 Å². The molecule has 2 aromatic rings. The lowest BCUT2D eigenvalue weighted by molar-refractivity contribution is 0.500. The highest BCUT2D eigenvalue weighted by Gasteiger charge is 2.15. The number of halogens is 2. The van der Waals surface area contributed by atoms with Crippen molar-refractivity contribution in [3.8, 4) is 11.5 Å². The number of hydrogen-bond acceptors (Lipinski definition) is 3. The van der Waals surface area contributed by atoms with Crippen LogP contribution in [0.3, 0.4) is 0 Å². The Labute approximate surface area is 107 Å². The van der Waals surface area contributed by atoms with Gasteiger partial charge in [0.05, 0.1) is 4.83 Å². The van der Waals surface area contributed by atoms with Crippen LogP contribution in [-0.4, -0.2) is 10.2 Å². The highest BCUT2D eigenvalue weighted by Crippen LogP contribution is 2.28. The number of aryl methyl sites for hydroxylation is 1. The summed E-state index contributed by atoms with van der Waals surface area (Å²) in [6, 6.07) is 4.66. The SMILES string of the molecule is CCC(Br)c1nnc(-c2cc(C)cc(F)c2)o1. The highest BCUT2D eigenvalue weighted by atomic mass is 79.9. The van der Waals surface area contributed by atoms with E-state index in [1.807, 2.05) is 19.9 Å². The van der Waals surface area contributed by atoms with Crippen LogP contribution in [0.2, 0.25) is 0 Å². The van der Waals surface area contributed by atoms with Crippen LogP contribution in [0.25, 0.3) is 11.5 Å². The molecular formula is C12H12BrFN2O. The zero-order valence-electron chi connectivity index (χ0n) is 9.58. The fraction of sp³-hybridized carbons (Fsp3) is 0.333. The predicted octanol–water partition coefficient (Wildman–Crippen LogP) is 4.03. The van der Waals surface area contributed by atoms with Crippen LogP contribution in [0.4, 0.5) is 4.39 Å². The third-order valence-corrected chi connectivity index (χ3v) is 3.40. The van der Waals surface area contributed by atoms with Gasteiger partial charge >= 0.3 is 0 Å². The summed E-state index contributed by atoms with van der Waals surface area (Å²) in [6.45, 7) is 3.83. The lowest BCUT2D eigenvalue weighted by atomic mass is 10.1. The van der Waals surface area contributed by atoms with E-state index in [0.29, 0.717) is 17.3 Å². The Morgan fingerprint density at radius 3 is 2.76 bits per heavy atom. The maximum absolute atomic E-state index is 13.2. The summed E-state index contributed by atoms with van der Waals surface area (Å²) in [5, 5.41) is 7.86. The first-order chi connectivity index (χ1) is 8.10. The number of benzene rings is 1. The molecule has 0 saturated carbocycles. The van der Waals surface area contributed by atoms with Gasteiger partial charge in [-0.3, -0.25) is 0 Å². The monoisotopic (exact) mass is 298 g/mol. The second-order valence-corrected chi connectivity index (χ2v) is 4.94. The molecule has 0 aliphatic carbocycles. The molecule has 1 aromatic carbocycles. The van der Waals surface area contributed by atoms with Crippen molar-refractivity contribution in [3.63, 3.8) is 0 Å². The van der Waals surface area contributed by atoms with Crippen molar-refractivity contribution < 1.29 is 8.81 Å². The van der Waals surface area contributed by atoms with Crippen molar-refractivity contribution in [3.05, 3.63) is 35.5 Å². The van der Waals surface area contributed by atoms with Gasteiger partial charge in [-0.1, -0.05) is 22.9 Å². The van der Waals surface area contributed by atoms with Crippen molar-refractivity contribution in [2.45, 2.75) is 25.1 Å². The van der Waals surface area contributed by atoms with E-state index in [9.17, 15) is 4.39 Å². The number of hydrogen-bond donors (Lipinski definition) is 0. The minimum Gasteiger partial charge on any atom is -0.419 e. The molecule has 0 saturated heterocycles. The molecule has 3 nitrogen and oxygen atoms in total. The van der Waals surface area contributed by atoms with Crippen molar-refractivity contribution in [2.75, 3.05) is 0 Å². The van der Waals surface area contributed by atoms with Gasteiger partial charge in [0.2, 0.25) is 11.8 Å². The molecule has 0 bridgehead atoms. The fourth-order valence-corrected chi connectivity index (χ4v) is 1.70. The average molecular weight is 299 g/mol. The van der Waals surface area contributed by atoms with Crippen LogP contribution >= 0.6 is 15.9 Å². The van der Waals surface area contributed by atoms with Crippen LogP contribution < -0.4 is 0 Å². The number of nitrogens with zero attached hydrogens (tertiary/aromatic N) is 2. The zero-order chi connectivity index (χ0) is 12.4. The van der Waals surface area contributed by atoms with E-state index in [4.69, 9.17) is 4.42 Å². The van der Waals surface area contributed by atoms with E-state index in [1.165, 1.54) is 12.1 Å². The Hall–Kier alpha value is -1.23. The van der Waals surface area contributed by atoms with E-state index >= 15 is 0 Å². The van der Waals surface area contributed by atoms with Gasteiger partial charge in [0, 0.05) is 5.56 Å². The van der Waals surface area contributed by atoms with E-state index in [-0.39, 0.29) is 10.6 Å². The van der Waals surface area contributed by atoms with Gasteiger partial charge in [0.25, 0.3) is 0 Å². The molecule has 5 heteroatoms. The van der Waals surface area contributed by atoms with Crippen molar-refractivity contribution >= 4 is 15.9 Å². The summed E-state index contributed by atoms with van der Waals surface area (Å²) in [6.07, 6.45) is 0.851. The first kappa shape index (κ1) is 12.2. The Morgan fingerprint density at radius 2 is 2.12 bits per heavy atom. The summed E-state index contributed by atoms with van der Waals surface area (Å²) in [4.78, 5) is 0.0402. The summed E-state index contributed by atoms with van der Waals surface area (Å²) in [5.74, 6) is 0.565. The molecule has 1 unspecified atom stereocenters. The minimum absolute atomic E-state index is 0.0402. The maximum atomic E-state index is 13.2. The third-order valence-electron chi connectivity index (χ3n) is 2.36. The summed E-state index contributed by atoms with van der Waals surface area (Å²) in [7, 11) is 0. The Bertz CT molecular complexity index is 507. The number of alkyl halides is 1. The molecule has 2 rings (SSSR count). The molecule has 0 spiro atoms. The first-order valence-corrected chi connectivity index (χ1v) is 6.26. The molecule has 0 aliphatic rings. The number of rotatable bonds is 3. The molecule has 0 amide bonds.